The molecule has 378 valence electrons. The first-order valence-electron chi connectivity index (χ1n) is 24.4. The van der Waals surface area contributed by atoms with Crippen LogP contribution in [0, 0.1) is 11.8 Å². The van der Waals surface area contributed by atoms with Crippen molar-refractivity contribution in [2.75, 3.05) is 11.9 Å². The topological polar surface area (TPSA) is 101 Å². The highest BCUT2D eigenvalue weighted by Crippen LogP contribution is 2.43. The summed E-state index contributed by atoms with van der Waals surface area (Å²) in [5, 5.41) is 12.0. The molecule has 12 heteroatoms. The van der Waals surface area contributed by atoms with Gasteiger partial charge in [0.2, 0.25) is 0 Å². The molecule has 0 aliphatic carbocycles. The van der Waals surface area contributed by atoms with Crippen LogP contribution in [0.15, 0.2) is 94.2 Å². The number of hydrogen-bond acceptors (Lipinski definition) is 8. The zero-order valence-corrected chi connectivity index (χ0v) is 47.5. The lowest BCUT2D eigenvalue weighted by atomic mass is 9.96. The van der Waals surface area contributed by atoms with Crippen molar-refractivity contribution in [1.82, 2.24) is 0 Å². The Hall–Kier alpha value is -3.88. The van der Waals surface area contributed by atoms with Gasteiger partial charge in [-0.05, 0) is 102 Å². The predicted molar refractivity (Wildman–Crippen MR) is 292 cm³/mol. The fraction of sp³-hybridized carbons (Fsp3) is 0.491. The number of carbonyl (C=O) groups excluding carboxylic acids is 1. The van der Waals surface area contributed by atoms with Gasteiger partial charge in [-0.15, -0.1) is 23.2 Å². The van der Waals surface area contributed by atoms with Gasteiger partial charge in [-0.3, -0.25) is 0 Å². The fourth-order valence-electron chi connectivity index (χ4n) is 7.43. The molecule has 1 N–H and O–H groups in total. The lowest BCUT2D eigenvalue weighted by Gasteiger charge is -2.36. The first-order chi connectivity index (χ1) is 32.5. The summed E-state index contributed by atoms with van der Waals surface area (Å²) < 4.78 is 38.4. The lowest BCUT2D eigenvalue weighted by molar-refractivity contribution is -0.107. The lowest BCUT2D eigenvalue weighted by Crippen LogP contribution is -2.40. The molecule has 69 heavy (non-hydrogen) atoms. The summed E-state index contributed by atoms with van der Waals surface area (Å²) in [6, 6.07) is 24.8. The van der Waals surface area contributed by atoms with Gasteiger partial charge in [0.1, 0.15) is 42.2 Å². The summed E-state index contributed by atoms with van der Waals surface area (Å²) in [6.07, 6.45) is 7.08. The normalized spacial score (nSPS) is 12.3. The van der Waals surface area contributed by atoms with E-state index < -0.39 is 16.6 Å². The van der Waals surface area contributed by atoms with Crippen LogP contribution in [-0.2, 0) is 65.8 Å². The molecule has 6 aromatic rings. The molecule has 0 fully saturated rings. The standard InChI is InChI=1S/C28H40O4Si.C28H38O4Si.CH2Cl2/c2*1-20(2)15-23-16-24-22(13-14-29)18-31-27(24)25(19-32-33(6,7)28(3,4)5)26(23)30-17-21-11-9-8-10-12-21;2-1-3/h8-12,16,18,20,29H,13-15,17,19H2,1-7H3;8-12,14,16,18,20H,13,15,17,19H2,1-7H3;1H2. The number of aldehydes is 1. The number of halogens is 2. The van der Waals surface area contributed by atoms with E-state index in [2.05, 4.69) is 132 Å². The number of furan rings is 2. The summed E-state index contributed by atoms with van der Waals surface area (Å²) >= 11 is 9.53. The van der Waals surface area contributed by atoms with Crippen molar-refractivity contribution in [3.05, 3.63) is 130 Å². The highest BCUT2D eigenvalue weighted by molar-refractivity contribution is 6.74. The Kier molecular flexibility index (Phi) is 21.7. The number of alkyl halides is 2. The van der Waals surface area contributed by atoms with E-state index in [9.17, 15) is 9.90 Å². The highest BCUT2D eigenvalue weighted by atomic mass is 35.5. The molecule has 0 aliphatic rings. The summed E-state index contributed by atoms with van der Waals surface area (Å²) in [7, 11) is -3.98. The van der Waals surface area contributed by atoms with E-state index in [0.29, 0.717) is 51.1 Å². The zero-order valence-electron chi connectivity index (χ0n) is 43.9. The SMILES string of the molecule is CC(C)Cc1cc2c(CC=O)coc2c(CO[Si](C)(C)C(C)(C)C)c1OCc1ccccc1.CC(C)Cc1cc2c(CCO)coc2c(CO[Si](C)(C)C(C)(C)C)c1OCc1ccccc1.ClCCl. The van der Waals surface area contributed by atoms with Crippen molar-refractivity contribution in [2.24, 2.45) is 11.8 Å². The van der Waals surface area contributed by atoms with Crippen LogP contribution >= 0.6 is 23.2 Å². The largest absolute Gasteiger partial charge is 0.488 e. The van der Waals surface area contributed by atoms with Crippen LogP contribution in [0.3, 0.4) is 0 Å². The maximum Gasteiger partial charge on any atom is 0.192 e. The van der Waals surface area contributed by atoms with E-state index in [4.69, 9.17) is 50.4 Å². The van der Waals surface area contributed by atoms with Crippen molar-refractivity contribution in [2.45, 2.75) is 158 Å². The van der Waals surface area contributed by atoms with Gasteiger partial charge in [-0.1, -0.05) is 130 Å². The van der Waals surface area contributed by atoms with E-state index in [1.807, 2.05) is 36.4 Å². The van der Waals surface area contributed by atoms with Crippen LogP contribution in [0.5, 0.6) is 11.5 Å². The van der Waals surface area contributed by atoms with E-state index >= 15 is 0 Å². The van der Waals surface area contributed by atoms with Crippen LogP contribution in [0.4, 0.5) is 0 Å². The maximum atomic E-state index is 11.3. The van der Waals surface area contributed by atoms with E-state index in [1.165, 1.54) is 5.56 Å². The number of hydrogen-bond donors (Lipinski definition) is 1. The minimum Gasteiger partial charge on any atom is -0.488 e. The van der Waals surface area contributed by atoms with Crippen molar-refractivity contribution in [3.8, 4) is 11.5 Å². The Balaban J connectivity index is 0.000000284. The predicted octanol–water partition coefficient (Wildman–Crippen LogP) is 16.2. The molecule has 0 saturated carbocycles. The van der Waals surface area contributed by atoms with Gasteiger partial charge in [-0.25, -0.2) is 0 Å². The Morgan fingerprint density at radius 3 is 1.33 bits per heavy atom. The molecule has 0 amide bonds. The van der Waals surface area contributed by atoms with E-state index in [-0.39, 0.29) is 22.0 Å². The first-order valence-corrected chi connectivity index (χ1v) is 31.2. The minimum atomic E-state index is -2.00. The van der Waals surface area contributed by atoms with Crippen LogP contribution in [-0.4, -0.2) is 40.0 Å². The summed E-state index contributed by atoms with van der Waals surface area (Å²) in [6.45, 7) is 33.3. The maximum absolute atomic E-state index is 11.3. The minimum absolute atomic E-state index is 0.0935. The molecule has 2 heterocycles. The molecular formula is C57H80Cl2O8Si2. The van der Waals surface area contributed by atoms with Gasteiger partial charge in [0.15, 0.2) is 16.6 Å². The summed E-state index contributed by atoms with van der Waals surface area (Å²) in [5.41, 5.74) is 9.99. The Bertz CT molecular complexity index is 2500. The van der Waals surface area contributed by atoms with E-state index in [1.54, 1.807) is 12.5 Å². The van der Waals surface area contributed by atoms with Crippen LogP contribution in [0.25, 0.3) is 21.9 Å². The highest BCUT2D eigenvalue weighted by Gasteiger charge is 2.39. The van der Waals surface area contributed by atoms with Gasteiger partial charge in [0.25, 0.3) is 0 Å². The van der Waals surface area contributed by atoms with Crippen LogP contribution in [0.1, 0.15) is 114 Å². The van der Waals surface area contributed by atoms with Crippen molar-refractivity contribution >= 4 is 68.1 Å². The molecule has 0 bridgehead atoms. The van der Waals surface area contributed by atoms with Crippen molar-refractivity contribution in [3.63, 3.8) is 0 Å². The van der Waals surface area contributed by atoms with Gasteiger partial charge in [0.05, 0.1) is 42.2 Å². The van der Waals surface area contributed by atoms with Crippen molar-refractivity contribution < 1.29 is 37.1 Å². The summed E-state index contributed by atoms with van der Waals surface area (Å²) in [5.74, 6) is 2.66. The Morgan fingerprint density at radius 1 is 0.609 bits per heavy atom. The van der Waals surface area contributed by atoms with Gasteiger partial charge in [-0.2, -0.15) is 0 Å². The Morgan fingerprint density at radius 2 is 0.986 bits per heavy atom. The molecule has 0 unspecified atom stereocenters. The number of ether oxygens (including phenoxy) is 2. The second-order valence-corrected chi connectivity index (χ2v) is 32.2. The monoisotopic (exact) mass is 1020 g/mol. The van der Waals surface area contributed by atoms with Crippen molar-refractivity contribution in [1.29, 1.82) is 0 Å². The third kappa shape index (κ3) is 16.1. The van der Waals surface area contributed by atoms with Gasteiger partial charge < -0.3 is 37.1 Å². The second kappa shape index (κ2) is 26.0. The summed E-state index contributed by atoms with van der Waals surface area (Å²) in [4.78, 5) is 11.3. The molecule has 2 aromatic heterocycles. The zero-order chi connectivity index (χ0) is 51.2. The van der Waals surface area contributed by atoms with Crippen LogP contribution in [0.2, 0.25) is 36.3 Å². The smallest absolute Gasteiger partial charge is 0.192 e. The number of fused-ring (bicyclic) bond motifs is 2. The quantitative estimate of drug-likeness (QED) is 0.0459. The third-order valence-corrected chi connectivity index (χ3v) is 22.3. The number of aliphatic hydroxyl groups is 1. The van der Waals surface area contributed by atoms with Gasteiger partial charge >= 0.3 is 0 Å². The molecule has 8 nitrogen and oxygen atoms in total. The molecule has 0 aliphatic heterocycles. The number of rotatable bonds is 20. The molecular weight excluding hydrogens is 940 g/mol. The molecule has 0 spiro atoms. The van der Waals surface area contributed by atoms with E-state index in [0.717, 1.165) is 91.5 Å². The average Bonchev–Trinajstić information content (AvgIpc) is 3.87. The number of benzene rings is 4. The molecule has 0 radical (unpaired) electrons. The van der Waals surface area contributed by atoms with Gasteiger partial charge in [0, 0.05) is 34.9 Å². The molecule has 4 aromatic carbocycles. The van der Waals surface area contributed by atoms with Crippen LogP contribution < -0.4 is 9.47 Å². The number of aliphatic hydroxyl groups excluding tert-OH is 1. The third-order valence-electron chi connectivity index (χ3n) is 13.3. The second-order valence-electron chi connectivity index (χ2n) is 21.7. The average molecular weight is 1020 g/mol. The number of carbonyl (C=O) groups is 1. The molecule has 6 rings (SSSR count). The Labute approximate surface area is 425 Å². The molecule has 0 atom stereocenters. The first kappa shape index (κ1) is 57.7. The fourth-order valence-corrected chi connectivity index (χ4v) is 9.30. The molecule has 0 saturated heterocycles.